The number of halogens is 1. The normalized spacial score (nSPS) is 16.1. The molecule has 1 atom stereocenters. The summed E-state index contributed by atoms with van der Waals surface area (Å²) in [5.41, 5.74) is 6.66. The Kier molecular flexibility index (Phi) is 6.24. The molecule has 1 aromatic carbocycles. The Morgan fingerprint density at radius 2 is 1.83 bits per heavy atom. The number of hydrogen-bond acceptors (Lipinski definition) is 4. The van der Waals surface area contributed by atoms with E-state index < -0.39 is 0 Å². The summed E-state index contributed by atoms with van der Waals surface area (Å²) in [4.78, 5) is 27.6. The quantitative estimate of drug-likeness (QED) is 0.834. The van der Waals surface area contributed by atoms with Crippen molar-refractivity contribution >= 4 is 29.1 Å². The third kappa shape index (κ3) is 5.41. The van der Waals surface area contributed by atoms with E-state index in [2.05, 4.69) is 10.2 Å². The third-order valence-corrected chi connectivity index (χ3v) is 4.02. The molecule has 0 spiro atoms. The van der Waals surface area contributed by atoms with Crippen LogP contribution in [0.15, 0.2) is 24.3 Å². The number of anilines is 1. The van der Waals surface area contributed by atoms with Gasteiger partial charge >= 0.3 is 0 Å². The average molecular weight is 339 g/mol. The number of hydrogen-bond donors (Lipinski definition) is 2. The van der Waals surface area contributed by atoms with Crippen molar-refractivity contribution < 1.29 is 9.59 Å². The lowest BCUT2D eigenvalue weighted by Gasteiger charge is -2.36. The molecule has 2 rings (SSSR count). The van der Waals surface area contributed by atoms with Crippen LogP contribution in [0, 0.1) is 0 Å². The third-order valence-electron chi connectivity index (χ3n) is 3.77. The van der Waals surface area contributed by atoms with Gasteiger partial charge in [-0.3, -0.25) is 9.59 Å². The number of piperazine rings is 1. The second-order valence-electron chi connectivity index (χ2n) is 5.80. The van der Waals surface area contributed by atoms with Gasteiger partial charge in [0.15, 0.2) is 0 Å². The molecule has 1 aliphatic heterocycles. The van der Waals surface area contributed by atoms with Crippen molar-refractivity contribution in [3.05, 3.63) is 29.3 Å². The SMILES string of the molecule is CC(N)CC(=O)NCC(=O)N1CCN(c2ccc(Cl)cc2)CC1. The summed E-state index contributed by atoms with van der Waals surface area (Å²) in [6.45, 7) is 4.61. The van der Waals surface area contributed by atoms with Gasteiger partial charge < -0.3 is 20.9 Å². The van der Waals surface area contributed by atoms with Gasteiger partial charge in [-0.15, -0.1) is 0 Å². The number of nitrogens with one attached hydrogen (secondary N) is 1. The van der Waals surface area contributed by atoms with Crippen LogP contribution >= 0.6 is 11.6 Å². The van der Waals surface area contributed by atoms with Crippen molar-refractivity contribution in [1.82, 2.24) is 10.2 Å². The zero-order valence-electron chi connectivity index (χ0n) is 13.3. The van der Waals surface area contributed by atoms with Crippen LogP contribution in [0.5, 0.6) is 0 Å². The largest absolute Gasteiger partial charge is 0.368 e. The summed E-state index contributed by atoms with van der Waals surface area (Å²) < 4.78 is 0. The van der Waals surface area contributed by atoms with Crippen molar-refractivity contribution in [2.75, 3.05) is 37.6 Å². The van der Waals surface area contributed by atoms with Crippen LogP contribution < -0.4 is 16.0 Å². The smallest absolute Gasteiger partial charge is 0.242 e. The molecule has 1 fully saturated rings. The van der Waals surface area contributed by atoms with Crippen LogP contribution in [-0.4, -0.2) is 55.5 Å². The Hall–Kier alpha value is -1.79. The summed E-state index contributed by atoms with van der Waals surface area (Å²) in [5.74, 6) is -0.244. The van der Waals surface area contributed by atoms with Crippen molar-refractivity contribution in [3.63, 3.8) is 0 Å². The molecule has 1 heterocycles. The predicted octanol–water partition coefficient (Wildman–Crippen LogP) is 0.842. The Bertz CT molecular complexity index is 540. The van der Waals surface area contributed by atoms with E-state index in [9.17, 15) is 9.59 Å². The van der Waals surface area contributed by atoms with Crippen LogP contribution in [0.3, 0.4) is 0 Å². The number of nitrogens with two attached hydrogens (primary N) is 1. The highest BCUT2D eigenvalue weighted by Gasteiger charge is 2.21. The summed E-state index contributed by atoms with van der Waals surface area (Å²) in [6, 6.07) is 7.49. The van der Waals surface area contributed by atoms with Gasteiger partial charge in [0.2, 0.25) is 11.8 Å². The maximum atomic E-state index is 12.1. The summed E-state index contributed by atoms with van der Waals surface area (Å²) in [5, 5.41) is 3.33. The molecule has 0 bridgehead atoms. The molecular weight excluding hydrogens is 316 g/mol. The fraction of sp³-hybridized carbons (Fsp3) is 0.500. The van der Waals surface area contributed by atoms with Gasteiger partial charge in [-0.05, 0) is 31.2 Å². The zero-order valence-corrected chi connectivity index (χ0v) is 14.1. The fourth-order valence-corrected chi connectivity index (χ4v) is 2.64. The van der Waals surface area contributed by atoms with Crippen molar-refractivity contribution in [2.24, 2.45) is 5.73 Å². The molecule has 0 saturated carbocycles. The molecule has 1 unspecified atom stereocenters. The van der Waals surface area contributed by atoms with Crippen LogP contribution in [0.25, 0.3) is 0 Å². The highest BCUT2D eigenvalue weighted by Crippen LogP contribution is 2.19. The maximum absolute atomic E-state index is 12.1. The first-order valence-corrected chi connectivity index (χ1v) is 8.14. The van der Waals surface area contributed by atoms with Crippen LogP contribution in [0.2, 0.25) is 5.02 Å². The second kappa shape index (κ2) is 8.17. The zero-order chi connectivity index (χ0) is 16.8. The molecule has 1 aliphatic rings. The van der Waals surface area contributed by atoms with Gasteiger partial charge in [-0.25, -0.2) is 0 Å². The Balaban J connectivity index is 1.76. The predicted molar refractivity (Wildman–Crippen MR) is 91.5 cm³/mol. The van der Waals surface area contributed by atoms with E-state index in [1.807, 2.05) is 24.3 Å². The molecule has 1 saturated heterocycles. The molecule has 7 heteroatoms. The van der Waals surface area contributed by atoms with Gasteiger partial charge in [0, 0.05) is 49.4 Å². The summed E-state index contributed by atoms with van der Waals surface area (Å²) in [7, 11) is 0. The van der Waals surface area contributed by atoms with Gasteiger partial charge in [-0.2, -0.15) is 0 Å². The first-order valence-electron chi connectivity index (χ1n) is 7.76. The summed E-state index contributed by atoms with van der Waals surface area (Å²) >= 11 is 5.89. The van der Waals surface area contributed by atoms with Crippen molar-refractivity contribution in [1.29, 1.82) is 0 Å². The van der Waals surface area contributed by atoms with E-state index in [1.165, 1.54) is 0 Å². The van der Waals surface area contributed by atoms with Gasteiger partial charge in [0.25, 0.3) is 0 Å². The Labute approximate surface area is 141 Å². The fourth-order valence-electron chi connectivity index (χ4n) is 2.52. The molecule has 0 aliphatic carbocycles. The van der Waals surface area contributed by atoms with Gasteiger partial charge in [-0.1, -0.05) is 11.6 Å². The molecule has 0 aromatic heterocycles. The first-order chi connectivity index (χ1) is 11.0. The van der Waals surface area contributed by atoms with E-state index in [0.717, 1.165) is 18.8 Å². The second-order valence-corrected chi connectivity index (χ2v) is 6.24. The number of carbonyl (C=O) groups excluding carboxylic acids is 2. The molecule has 23 heavy (non-hydrogen) atoms. The van der Waals surface area contributed by atoms with Crippen LogP contribution in [0.1, 0.15) is 13.3 Å². The number of amides is 2. The topological polar surface area (TPSA) is 78.7 Å². The first kappa shape index (κ1) is 17.6. The average Bonchev–Trinajstić information content (AvgIpc) is 2.53. The van der Waals surface area contributed by atoms with Crippen molar-refractivity contribution in [3.8, 4) is 0 Å². The number of nitrogens with zero attached hydrogens (tertiary/aromatic N) is 2. The van der Waals surface area contributed by atoms with E-state index in [4.69, 9.17) is 17.3 Å². The molecule has 0 radical (unpaired) electrons. The molecule has 1 aromatic rings. The number of rotatable bonds is 5. The minimum atomic E-state index is -0.201. The monoisotopic (exact) mass is 338 g/mol. The van der Waals surface area contributed by atoms with E-state index in [0.29, 0.717) is 18.1 Å². The number of benzene rings is 1. The lowest BCUT2D eigenvalue weighted by atomic mass is 10.2. The molecular formula is C16H23ClN4O2. The lowest BCUT2D eigenvalue weighted by molar-refractivity contribution is -0.133. The molecule has 126 valence electrons. The lowest BCUT2D eigenvalue weighted by Crippen LogP contribution is -2.51. The highest BCUT2D eigenvalue weighted by atomic mass is 35.5. The Morgan fingerprint density at radius 3 is 2.39 bits per heavy atom. The molecule has 6 nitrogen and oxygen atoms in total. The van der Waals surface area contributed by atoms with Gasteiger partial charge in [0.1, 0.15) is 0 Å². The van der Waals surface area contributed by atoms with E-state index >= 15 is 0 Å². The number of carbonyl (C=O) groups is 2. The van der Waals surface area contributed by atoms with Crippen LogP contribution in [0.4, 0.5) is 5.69 Å². The van der Waals surface area contributed by atoms with Crippen molar-refractivity contribution in [2.45, 2.75) is 19.4 Å². The standard InChI is InChI=1S/C16H23ClN4O2/c1-12(18)10-15(22)19-11-16(23)21-8-6-20(7-9-21)14-4-2-13(17)3-5-14/h2-5,12H,6-11,18H2,1H3,(H,19,22). The van der Waals surface area contributed by atoms with E-state index in [-0.39, 0.29) is 30.8 Å². The minimum absolute atomic E-state index is 0.0342. The van der Waals surface area contributed by atoms with Crippen LogP contribution in [-0.2, 0) is 9.59 Å². The Morgan fingerprint density at radius 1 is 1.22 bits per heavy atom. The maximum Gasteiger partial charge on any atom is 0.242 e. The summed E-state index contributed by atoms with van der Waals surface area (Å²) in [6.07, 6.45) is 0.234. The highest BCUT2D eigenvalue weighted by molar-refractivity contribution is 6.30. The van der Waals surface area contributed by atoms with Gasteiger partial charge in [0.05, 0.1) is 6.54 Å². The minimum Gasteiger partial charge on any atom is -0.368 e. The molecule has 2 amide bonds. The molecule has 3 N–H and O–H groups in total. The van der Waals surface area contributed by atoms with E-state index in [1.54, 1.807) is 11.8 Å².